The molecule has 0 aliphatic carbocycles. The Hall–Kier alpha value is -0.160. The third-order valence-electron chi connectivity index (χ3n) is 3.50. The van der Waals surface area contributed by atoms with E-state index in [1.807, 2.05) is 0 Å². The number of nitrogens with zero attached hydrogens (tertiary/aromatic N) is 1. The van der Waals surface area contributed by atoms with E-state index >= 15 is 0 Å². The van der Waals surface area contributed by atoms with Gasteiger partial charge in [0.05, 0.1) is 13.2 Å². The maximum atomic E-state index is 9.27. The normalized spacial score (nSPS) is 21.9. The Morgan fingerprint density at radius 3 is 2.62 bits per heavy atom. The minimum absolute atomic E-state index is 0.0327. The highest BCUT2D eigenvalue weighted by Gasteiger charge is 2.20. The van der Waals surface area contributed by atoms with Crippen LogP contribution in [0.25, 0.3) is 0 Å². The summed E-state index contributed by atoms with van der Waals surface area (Å²) in [6.45, 7) is 11.3. The van der Waals surface area contributed by atoms with E-state index < -0.39 is 0 Å². The summed E-state index contributed by atoms with van der Waals surface area (Å²) in [6.07, 6.45) is 1.01. The van der Waals surface area contributed by atoms with E-state index in [1.165, 1.54) is 0 Å². The molecular weight excluding hydrogens is 204 g/mol. The fraction of sp³-hybridized carbons (Fsp3) is 1.00. The van der Waals surface area contributed by atoms with Crippen LogP contribution in [-0.2, 0) is 4.74 Å². The molecule has 0 bridgehead atoms. The fourth-order valence-electron chi connectivity index (χ4n) is 1.74. The van der Waals surface area contributed by atoms with E-state index in [4.69, 9.17) is 4.74 Å². The standard InChI is InChI=1S/C12H26N2O2/c1-3-12(2,11-15)10-13-4-5-14-6-8-16-9-7-14/h13,15H,3-11H2,1-2H3. The van der Waals surface area contributed by atoms with Crippen LogP contribution in [0.2, 0.25) is 0 Å². The van der Waals surface area contributed by atoms with Crippen molar-refractivity contribution in [1.82, 2.24) is 10.2 Å². The lowest BCUT2D eigenvalue weighted by atomic mass is 9.89. The summed E-state index contributed by atoms with van der Waals surface area (Å²) in [5.74, 6) is 0. The van der Waals surface area contributed by atoms with Gasteiger partial charge in [-0.05, 0) is 6.42 Å². The third-order valence-corrected chi connectivity index (χ3v) is 3.50. The summed E-state index contributed by atoms with van der Waals surface area (Å²) < 4.78 is 5.30. The predicted molar refractivity (Wildman–Crippen MR) is 65.6 cm³/mol. The molecule has 1 saturated heterocycles. The SMILES string of the molecule is CCC(C)(CO)CNCCN1CCOCC1. The summed E-state index contributed by atoms with van der Waals surface area (Å²) in [5.41, 5.74) is 0.0327. The number of aliphatic hydroxyl groups excluding tert-OH is 1. The molecule has 0 saturated carbocycles. The molecule has 4 nitrogen and oxygen atoms in total. The Morgan fingerprint density at radius 1 is 1.38 bits per heavy atom. The second kappa shape index (κ2) is 7.22. The summed E-state index contributed by atoms with van der Waals surface area (Å²) in [7, 11) is 0. The average molecular weight is 230 g/mol. The van der Waals surface area contributed by atoms with Gasteiger partial charge in [0.25, 0.3) is 0 Å². The van der Waals surface area contributed by atoms with E-state index in [9.17, 15) is 5.11 Å². The maximum Gasteiger partial charge on any atom is 0.0594 e. The predicted octanol–water partition coefficient (Wildman–Crippen LogP) is 0.317. The molecule has 96 valence electrons. The third kappa shape index (κ3) is 4.78. The average Bonchev–Trinajstić information content (AvgIpc) is 2.36. The molecule has 1 unspecified atom stereocenters. The van der Waals surface area contributed by atoms with Gasteiger partial charge < -0.3 is 15.2 Å². The quantitative estimate of drug-likeness (QED) is 0.618. The minimum Gasteiger partial charge on any atom is -0.396 e. The van der Waals surface area contributed by atoms with Crippen LogP contribution in [0.1, 0.15) is 20.3 Å². The Morgan fingerprint density at radius 2 is 2.06 bits per heavy atom. The van der Waals surface area contributed by atoms with Crippen molar-refractivity contribution in [2.75, 3.05) is 52.5 Å². The van der Waals surface area contributed by atoms with Gasteiger partial charge in [-0.2, -0.15) is 0 Å². The first-order chi connectivity index (χ1) is 7.70. The zero-order chi connectivity index (χ0) is 11.9. The second-order valence-corrected chi connectivity index (χ2v) is 4.95. The number of hydrogen-bond acceptors (Lipinski definition) is 4. The lowest BCUT2D eigenvalue weighted by Crippen LogP contribution is -2.42. The van der Waals surface area contributed by atoms with Crippen molar-refractivity contribution in [2.45, 2.75) is 20.3 Å². The molecule has 0 spiro atoms. The molecule has 1 aliphatic heterocycles. The van der Waals surface area contributed by atoms with Crippen molar-refractivity contribution in [3.8, 4) is 0 Å². The van der Waals surface area contributed by atoms with Crippen molar-refractivity contribution < 1.29 is 9.84 Å². The zero-order valence-electron chi connectivity index (χ0n) is 10.7. The molecule has 1 fully saturated rings. The molecule has 1 rings (SSSR count). The summed E-state index contributed by atoms with van der Waals surface area (Å²) >= 11 is 0. The van der Waals surface area contributed by atoms with Crippen LogP contribution in [0.4, 0.5) is 0 Å². The Balaban J connectivity index is 2.06. The van der Waals surface area contributed by atoms with Gasteiger partial charge in [0.1, 0.15) is 0 Å². The largest absolute Gasteiger partial charge is 0.396 e. The number of hydrogen-bond donors (Lipinski definition) is 2. The van der Waals surface area contributed by atoms with E-state index in [0.717, 1.165) is 52.4 Å². The van der Waals surface area contributed by atoms with Gasteiger partial charge >= 0.3 is 0 Å². The summed E-state index contributed by atoms with van der Waals surface area (Å²) in [6, 6.07) is 0. The van der Waals surface area contributed by atoms with Crippen molar-refractivity contribution >= 4 is 0 Å². The van der Waals surface area contributed by atoms with Crippen molar-refractivity contribution in [1.29, 1.82) is 0 Å². The van der Waals surface area contributed by atoms with Gasteiger partial charge in [-0.25, -0.2) is 0 Å². The van der Waals surface area contributed by atoms with Crippen molar-refractivity contribution in [2.24, 2.45) is 5.41 Å². The van der Waals surface area contributed by atoms with Crippen LogP contribution in [0.15, 0.2) is 0 Å². The van der Waals surface area contributed by atoms with Crippen molar-refractivity contribution in [3.63, 3.8) is 0 Å². The number of ether oxygens (including phenoxy) is 1. The monoisotopic (exact) mass is 230 g/mol. The number of nitrogens with one attached hydrogen (secondary N) is 1. The summed E-state index contributed by atoms with van der Waals surface area (Å²) in [5, 5.41) is 12.7. The summed E-state index contributed by atoms with van der Waals surface area (Å²) in [4.78, 5) is 2.42. The molecule has 1 aliphatic rings. The molecule has 16 heavy (non-hydrogen) atoms. The van der Waals surface area contributed by atoms with Gasteiger partial charge in [-0.1, -0.05) is 13.8 Å². The first-order valence-corrected chi connectivity index (χ1v) is 6.32. The maximum absolute atomic E-state index is 9.27. The van der Waals surface area contributed by atoms with E-state index in [2.05, 4.69) is 24.1 Å². The Kier molecular flexibility index (Phi) is 6.28. The lowest BCUT2D eigenvalue weighted by Gasteiger charge is -2.29. The Labute approximate surface area is 99.0 Å². The molecule has 1 atom stereocenters. The van der Waals surface area contributed by atoms with E-state index in [1.54, 1.807) is 0 Å². The van der Waals surface area contributed by atoms with Gasteiger partial charge in [-0.3, -0.25) is 4.90 Å². The van der Waals surface area contributed by atoms with Gasteiger partial charge in [0.15, 0.2) is 0 Å². The molecule has 4 heteroatoms. The molecule has 0 aromatic rings. The van der Waals surface area contributed by atoms with Crippen LogP contribution in [-0.4, -0.2) is 62.6 Å². The number of morpholine rings is 1. The van der Waals surface area contributed by atoms with Crippen LogP contribution in [0, 0.1) is 5.41 Å². The minimum atomic E-state index is 0.0327. The van der Waals surface area contributed by atoms with Crippen LogP contribution in [0.3, 0.4) is 0 Å². The molecule has 0 radical (unpaired) electrons. The molecule has 2 N–H and O–H groups in total. The van der Waals surface area contributed by atoms with E-state index in [-0.39, 0.29) is 12.0 Å². The molecular formula is C12H26N2O2. The van der Waals surface area contributed by atoms with Crippen LogP contribution < -0.4 is 5.32 Å². The zero-order valence-corrected chi connectivity index (χ0v) is 10.7. The van der Waals surface area contributed by atoms with Gasteiger partial charge in [0.2, 0.25) is 0 Å². The van der Waals surface area contributed by atoms with Gasteiger partial charge in [-0.15, -0.1) is 0 Å². The topological polar surface area (TPSA) is 44.7 Å². The lowest BCUT2D eigenvalue weighted by molar-refractivity contribution is 0.0378. The highest BCUT2D eigenvalue weighted by atomic mass is 16.5. The van der Waals surface area contributed by atoms with Gasteiger partial charge in [0, 0.05) is 44.7 Å². The van der Waals surface area contributed by atoms with Crippen LogP contribution >= 0.6 is 0 Å². The molecule has 0 aromatic carbocycles. The number of rotatable bonds is 7. The molecule has 1 heterocycles. The first-order valence-electron chi connectivity index (χ1n) is 6.32. The highest BCUT2D eigenvalue weighted by Crippen LogP contribution is 2.17. The van der Waals surface area contributed by atoms with E-state index in [0.29, 0.717) is 0 Å². The highest BCUT2D eigenvalue weighted by molar-refractivity contribution is 4.74. The second-order valence-electron chi connectivity index (χ2n) is 4.95. The van der Waals surface area contributed by atoms with Crippen molar-refractivity contribution in [3.05, 3.63) is 0 Å². The first kappa shape index (κ1) is 13.9. The molecule has 0 aromatic heterocycles. The molecule has 0 amide bonds. The number of aliphatic hydroxyl groups is 1. The fourth-order valence-corrected chi connectivity index (χ4v) is 1.74. The smallest absolute Gasteiger partial charge is 0.0594 e. The Bertz CT molecular complexity index is 178. The van der Waals surface area contributed by atoms with Crippen LogP contribution in [0.5, 0.6) is 0 Å².